The summed E-state index contributed by atoms with van der Waals surface area (Å²) in [5.74, 6) is 0.507. The van der Waals surface area contributed by atoms with Crippen molar-refractivity contribution in [1.29, 1.82) is 5.26 Å². The average molecular weight is 202 g/mol. The van der Waals surface area contributed by atoms with Crippen LogP contribution in [0.15, 0.2) is 0 Å². The van der Waals surface area contributed by atoms with Crippen LogP contribution in [-0.4, -0.2) is 39.0 Å². The smallest absolute Gasteiger partial charge is 0.154 e. The molecule has 0 amide bonds. The Morgan fingerprint density at radius 1 is 1.54 bits per heavy atom. The summed E-state index contributed by atoms with van der Waals surface area (Å²) in [7, 11) is 0. The Balaban J connectivity index is 2.18. The van der Waals surface area contributed by atoms with Crippen molar-refractivity contribution >= 4 is 11.1 Å². The molecule has 0 radical (unpaired) electrons. The Bertz CT molecular complexity index is 219. The third-order valence-corrected chi connectivity index (χ3v) is 2.88. The highest BCUT2D eigenvalue weighted by Gasteiger charge is 2.18. The van der Waals surface area contributed by atoms with Gasteiger partial charge in [-0.1, -0.05) is 0 Å². The van der Waals surface area contributed by atoms with E-state index < -0.39 is 11.1 Å². The van der Waals surface area contributed by atoms with Gasteiger partial charge in [-0.2, -0.15) is 5.26 Å². The van der Waals surface area contributed by atoms with Crippen molar-refractivity contribution in [2.24, 2.45) is 5.92 Å². The number of piperidine rings is 1. The first-order chi connectivity index (χ1) is 6.22. The molecule has 0 aromatic heterocycles. The molecule has 13 heavy (non-hydrogen) atoms. The quantitative estimate of drug-likeness (QED) is 0.675. The molecule has 1 heterocycles. The minimum Gasteiger partial charge on any atom is -0.306 e. The van der Waals surface area contributed by atoms with Gasteiger partial charge in [0.1, 0.15) is 0 Å². The molecule has 1 atom stereocenters. The second-order valence-electron chi connectivity index (χ2n) is 3.27. The lowest BCUT2D eigenvalue weighted by molar-refractivity contribution is 0.216. The fraction of sp³-hybridized carbons (Fsp3) is 0.875. The molecule has 0 spiro atoms. The van der Waals surface area contributed by atoms with Crippen LogP contribution >= 0.6 is 0 Å². The van der Waals surface area contributed by atoms with E-state index in [1.165, 1.54) is 0 Å². The molecule has 1 rings (SSSR count). The SMILES string of the molecule is N#CC1CCN(CCS(=O)O)CC1. The number of rotatable bonds is 3. The molecule has 1 fully saturated rings. The van der Waals surface area contributed by atoms with Gasteiger partial charge in [-0.3, -0.25) is 0 Å². The molecule has 5 heteroatoms. The van der Waals surface area contributed by atoms with Crippen LogP contribution in [0.25, 0.3) is 0 Å². The van der Waals surface area contributed by atoms with Crippen LogP contribution in [0.5, 0.6) is 0 Å². The highest BCUT2D eigenvalue weighted by molar-refractivity contribution is 7.79. The molecule has 0 bridgehead atoms. The number of hydrogen-bond donors (Lipinski definition) is 1. The molecule has 0 aromatic carbocycles. The Hall–Kier alpha value is -0.440. The number of hydrogen-bond acceptors (Lipinski definition) is 3. The van der Waals surface area contributed by atoms with E-state index in [2.05, 4.69) is 11.0 Å². The maximum Gasteiger partial charge on any atom is 0.154 e. The van der Waals surface area contributed by atoms with Crippen LogP contribution in [0.4, 0.5) is 0 Å². The van der Waals surface area contributed by atoms with Crippen LogP contribution in [0, 0.1) is 17.2 Å². The van der Waals surface area contributed by atoms with E-state index in [0.29, 0.717) is 12.3 Å². The van der Waals surface area contributed by atoms with Crippen LogP contribution in [0.1, 0.15) is 12.8 Å². The minimum atomic E-state index is -1.68. The van der Waals surface area contributed by atoms with E-state index in [-0.39, 0.29) is 5.92 Å². The number of nitrogens with zero attached hydrogens (tertiary/aromatic N) is 2. The second-order valence-corrected chi connectivity index (χ2v) is 4.32. The largest absolute Gasteiger partial charge is 0.306 e. The predicted molar refractivity (Wildman–Crippen MR) is 50.4 cm³/mol. The van der Waals surface area contributed by atoms with Gasteiger partial charge < -0.3 is 9.45 Å². The summed E-state index contributed by atoms with van der Waals surface area (Å²) >= 11 is -1.68. The summed E-state index contributed by atoms with van der Waals surface area (Å²) in [6.07, 6.45) is 1.79. The summed E-state index contributed by atoms with van der Waals surface area (Å²) in [6, 6.07) is 2.25. The van der Waals surface area contributed by atoms with Crippen molar-refractivity contribution in [2.75, 3.05) is 25.4 Å². The molecular formula is C8H14N2O2S. The molecule has 1 aliphatic rings. The van der Waals surface area contributed by atoms with Gasteiger partial charge in [0.15, 0.2) is 11.1 Å². The van der Waals surface area contributed by atoms with Crippen LogP contribution in [-0.2, 0) is 11.1 Å². The summed E-state index contributed by atoms with van der Waals surface area (Å²) in [5, 5.41) is 8.64. The molecular weight excluding hydrogens is 188 g/mol. The van der Waals surface area contributed by atoms with E-state index in [0.717, 1.165) is 25.9 Å². The molecule has 1 unspecified atom stereocenters. The molecule has 0 aromatic rings. The van der Waals surface area contributed by atoms with Crippen molar-refractivity contribution in [3.05, 3.63) is 0 Å². The molecule has 0 saturated carbocycles. The fourth-order valence-electron chi connectivity index (χ4n) is 1.49. The monoisotopic (exact) mass is 202 g/mol. The van der Waals surface area contributed by atoms with Crippen molar-refractivity contribution in [1.82, 2.24) is 4.90 Å². The van der Waals surface area contributed by atoms with Crippen LogP contribution in [0.3, 0.4) is 0 Å². The van der Waals surface area contributed by atoms with Gasteiger partial charge in [0.2, 0.25) is 0 Å². The van der Waals surface area contributed by atoms with E-state index in [1.807, 2.05) is 0 Å². The van der Waals surface area contributed by atoms with E-state index in [9.17, 15) is 4.21 Å². The third-order valence-electron chi connectivity index (χ3n) is 2.35. The van der Waals surface area contributed by atoms with Crippen LogP contribution < -0.4 is 0 Å². The zero-order valence-electron chi connectivity index (χ0n) is 7.48. The first-order valence-electron chi connectivity index (χ1n) is 4.42. The summed E-state index contributed by atoms with van der Waals surface area (Å²) < 4.78 is 19.0. The highest BCUT2D eigenvalue weighted by atomic mass is 32.2. The Kier molecular flexibility index (Phi) is 4.36. The summed E-state index contributed by atoms with van der Waals surface area (Å²) in [4.78, 5) is 2.14. The van der Waals surface area contributed by atoms with E-state index in [4.69, 9.17) is 9.81 Å². The summed E-state index contributed by atoms with van der Waals surface area (Å²) in [5.41, 5.74) is 0. The van der Waals surface area contributed by atoms with Gasteiger partial charge in [-0.05, 0) is 25.9 Å². The van der Waals surface area contributed by atoms with Gasteiger partial charge in [0.25, 0.3) is 0 Å². The molecule has 1 aliphatic heterocycles. The maximum absolute atomic E-state index is 10.4. The summed E-state index contributed by atoms with van der Waals surface area (Å²) in [6.45, 7) is 2.44. The number of nitriles is 1. The van der Waals surface area contributed by atoms with E-state index in [1.54, 1.807) is 0 Å². The lowest BCUT2D eigenvalue weighted by atomic mass is 9.99. The van der Waals surface area contributed by atoms with Crippen LogP contribution in [0.2, 0.25) is 0 Å². The van der Waals surface area contributed by atoms with Gasteiger partial charge >= 0.3 is 0 Å². The van der Waals surface area contributed by atoms with Crippen molar-refractivity contribution < 1.29 is 8.76 Å². The fourth-order valence-corrected chi connectivity index (χ4v) is 1.91. The molecule has 4 nitrogen and oxygen atoms in total. The lowest BCUT2D eigenvalue weighted by Crippen LogP contribution is -2.35. The minimum absolute atomic E-state index is 0.191. The standard InChI is InChI=1S/C8H14N2O2S/c9-7-8-1-3-10(4-2-8)5-6-13(11)12/h8H,1-6H2,(H,11,12). The van der Waals surface area contributed by atoms with Gasteiger partial charge in [-0.25, -0.2) is 4.21 Å². The third kappa shape index (κ3) is 3.85. The second kappa shape index (κ2) is 5.32. The van der Waals surface area contributed by atoms with Gasteiger partial charge in [-0.15, -0.1) is 0 Å². The Labute approximate surface area is 80.8 Å². The Morgan fingerprint density at radius 3 is 2.62 bits per heavy atom. The maximum atomic E-state index is 10.4. The predicted octanol–water partition coefficient (Wildman–Crippen LogP) is 0.444. The molecule has 74 valence electrons. The van der Waals surface area contributed by atoms with E-state index >= 15 is 0 Å². The highest BCUT2D eigenvalue weighted by Crippen LogP contribution is 2.15. The van der Waals surface area contributed by atoms with Crippen molar-refractivity contribution in [3.63, 3.8) is 0 Å². The Morgan fingerprint density at radius 2 is 2.15 bits per heavy atom. The first kappa shape index (κ1) is 10.6. The first-order valence-corrected chi connectivity index (χ1v) is 5.69. The van der Waals surface area contributed by atoms with Gasteiger partial charge in [0, 0.05) is 12.5 Å². The molecule has 1 saturated heterocycles. The average Bonchev–Trinajstić information content (AvgIpc) is 2.15. The van der Waals surface area contributed by atoms with Crippen molar-refractivity contribution in [3.8, 4) is 6.07 Å². The lowest BCUT2D eigenvalue weighted by Gasteiger charge is -2.28. The van der Waals surface area contributed by atoms with Gasteiger partial charge in [0.05, 0.1) is 11.8 Å². The zero-order valence-corrected chi connectivity index (χ0v) is 8.29. The molecule has 1 N–H and O–H groups in total. The zero-order chi connectivity index (χ0) is 9.68. The molecule has 0 aliphatic carbocycles. The topological polar surface area (TPSA) is 64.3 Å². The van der Waals surface area contributed by atoms with Crippen molar-refractivity contribution in [2.45, 2.75) is 12.8 Å². The normalized spacial score (nSPS) is 22.5. The number of likely N-dealkylation sites (tertiary alicyclic amines) is 1.